The van der Waals surface area contributed by atoms with Gasteiger partial charge >= 0.3 is 0 Å². The number of aliphatic hydroxyl groups excluding tert-OH is 11. The van der Waals surface area contributed by atoms with Crippen molar-refractivity contribution in [2.45, 2.75) is 240 Å². The molecule has 3 saturated heterocycles. The molecule has 17 unspecified atom stereocenters. The van der Waals surface area contributed by atoms with Crippen LogP contribution in [-0.2, 0) is 33.2 Å². The quantitative estimate of drug-likeness (QED) is 0.0321. The number of carbonyl (C=O) groups excluding carboxylic acids is 1. The molecule has 396 valence electrons. The zero-order valence-electron chi connectivity index (χ0n) is 40.3. The van der Waals surface area contributed by atoms with Gasteiger partial charge in [-0.3, -0.25) is 4.79 Å². The van der Waals surface area contributed by atoms with Crippen molar-refractivity contribution in [3.63, 3.8) is 0 Å². The Bertz CT molecular complexity index is 1400. The summed E-state index contributed by atoms with van der Waals surface area (Å²) in [7, 11) is 0. The van der Waals surface area contributed by atoms with Crippen molar-refractivity contribution in [2.75, 3.05) is 26.4 Å². The highest BCUT2D eigenvalue weighted by atomic mass is 16.8. The first-order chi connectivity index (χ1) is 32.8. The number of hydrogen-bond donors (Lipinski definition) is 12. The highest BCUT2D eigenvalue weighted by Gasteiger charge is 2.53. The van der Waals surface area contributed by atoms with Crippen LogP contribution < -0.4 is 5.32 Å². The summed E-state index contributed by atoms with van der Waals surface area (Å²) in [5, 5.41) is 119. The standard InChI is InChI=1S/C49H87NO18/c1-3-5-7-9-10-11-12-13-14-15-16-17-18-19-20-21-22-23-24-26-33(54)32(50-37(55)27-25-8-6-4-2)31-63-47-43(61)40(58)45(35(29-52)65-47)68-49-44(62)41(59)46(36(30-53)66-49)67-48-42(60)39(57)38(56)34(28-51)64-48/h16-17,20-21,24,26,32-36,38-49,51-54,56-62H,3-15,18-19,22-23,25,27-31H2,1-2H3,(H,50,55)/b17-16+,21-20+,26-24+. The highest BCUT2D eigenvalue weighted by molar-refractivity contribution is 5.76. The molecule has 1 amide bonds. The number of aliphatic hydroxyl groups is 11. The molecule has 0 aromatic carbocycles. The van der Waals surface area contributed by atoms with E-state index in [2.05, 4.69) is 43.5 Å². The zero-order valence-corrected chi connectivity index (χ0v) is 40.3. The van der Waals surface area contributed by atoms with E-state index in [-0.39, 0.29) is 18.9 Å². The van der Waals surface area contributed by atoms with Crippen LogP contribution in [-0.4, -0.2) is 193 Å². The summed E-state index contributed by atoms with van der Waals surface area (Å²) in [4.78, 5) is 12.9. The van der Waals surface area contributed by atoms with Crippen LogP contribution in [0.3, 0.4) is 0 Å². The van der Waals surface area contributed by atoms with E-state index in [0.717, 1.165) is 44.9 Å². The second-order valence-electron chi connectivity index (χ2n) is 18.3. The molecule has 3 fully saturated rings. The van der Waals surface area contributed by atoms with Crippen molar-refractivity contribution in [1.29, 1.82) is 0 Å². The first-order valence-electron chi connectivity index (χ1n) is 25.2. The summed E-state index contributed by atoms with van der Waals surface area (Å²) in [6.45, 7) is 1.50. The van der Waals surface area contributed by atoms with Gasteiger partial charge in [-0.15, -0.1) is 0 Å². The Balaban J connectivity index is 1.52. The van der Waals surface area contributed by atoms with Crippen LogP contribution in [0.5, 0.6) is 0 Å². The normalized spacial score (nSPS) is 33.5. The van der Waals surface area contributed by atoms with E-state index in [1.807, 2.05) is 6.08 Å². The monoisotopic (exact) mass is 978 g/mol. The van der Waals surface area contributed by atoms with Crippen molar-refractivity contribution in [2.24, 2.45) is 0 Å². The Morgan fingerprint density at radius 2 is 0.941 bits per heavy atom. The van der Waals surface area contributed by atoms with Gasteiger partial charge in [0.05, 0.1) is 38.6 Å². The van der Waals surface area contributed by atoms with E-state index in [4.69, 9.17) is 28.4 Å². The van der Waals surface area contributed by atoms with Crippen LogP contribution in [0.2, 0.25) is 0 Å². The van der Waals surface area contributed by atoms with E-state index in [0.29, 0.717) is 12.8 Å². The largest absolute Gasteiger partial charge is 0.394 e. The van der Waals surface area contributed by atoms with E-state index in [1.165, 1.54) is 57.8 Å². The molecule has 17 atom stereocenters. The van der Waals surface area contributed by atoms with Crippen LogP contribution in [0.25, 0.3) is 0 Å². The van der Waals surface area contributed by atoms with Gasteiger partial charge < -0.3 is 89.9 Å². The molecule has 0 saturated carbocycles. The molecule has 19 heteroatoms. The van der Waals surface area contributed by atoms with Crippen LogP contribution >= 0.6 is 0 Å². The van der Waals surface area contributed by atoms with Gasteiger partial charge in [0.25, 0.3) is 0 Å². The molecule has 3 rings (SSSR count). The summed E-state index contributed by atoms with van der Waals surface area (Å²) >= 11 is 0. The molecule has 0 bridgehead atoms. The maximum Gasteiger partial charge on any atom is 0.220 e. The summed E-state index contributed by atoms with van der Waals surface area (Å²) in [6, 6.07) is -0.988. The van der Waals surface area contributed by atoms with E-state index in [1.54, 1.807) is 6.08 Å². The average Bonchev–Trinajstić information content (AvgIpc) is 3.33. The van der Waals surface area contributed by atoms with Crippen LogP contribution in [0.15, 0.2) is 36.5 Å². The summed E-state index contributed by atoms with van der Waals surface area (Å²) in [6.07, 6.45) is 5.28. The molecule has 0 spiro atoms. The second-order valence-corrected chi connectivity index (χ2v) is 18.3. The lowest BCUT2D eigenvalue weighted by molar-refractivity contribution is -0.379. The molecular formula is C49H87NO18. The molecule has 3 aliphatic rings. The van der Waals surface area contributed by atoms with Gasteiger partial charge in [-0.2, -0.15) is 0 Å². The molecule has 68 heavy (non-hydrogen) atoms. The summed E-state index contributed by atoms with van der Waals surface area (Å²) in [5.41, 5.74) is 0. The van der Waals surface area contributed by atoms with Gasteiger partial charge in [-0.1, -0.05) is 121 Å². The lowest BCUT2D eigenvalue weighted by Gasteiger charge is -2.48. The number of unbranched alkanes of at least 4 members (excludes halogenated alkanes) is 14. The Morgan fingerprint density at radius 1 is 0.515 bits per heavy atom. The molecule has 12 N–H and O–H groups in total. The van der Waals surface area contributed by atoms with Gasteiger partial charge in [0.1, 0.15) is 73.2 Å². The van der Waals surface area contributed by atoms with Gasteiger partial charge in [-0.25, -0.2) is 0 Å². The van der Waals surface area contributed by atoms with Crippen LogP contribution in [0.4, 0.5) is 0 Å². The fourth-order valence-electron chi connectivity index (χ4n) is 8.40. The minimum atomic E-state index is -1.98. The number of rotatable bonds is 34. The first kappa shape index (κ1) is 60.3. The number of nitrogens with one attached hydrogen (secondary N) is 1. The fourth-order valence-corrected chi connectivity index (χ4v) is 8.40. The summed E-state index contributed by atoms with van der Waals surface area (Å²) in [5.74, 6) is -0.311. The third-order valence-electron chi connectivity index (χ3n) is 12.7. The number of hydrogen-bond acceptors (Lipinski definition) is 18. The molecule has 0 aromatic rings. The van der Waals surface area contributed by atoms with E-state index in [9.17, 15) is 61.0 Å². The number of carbonyl (C=O) groups is 1. The molecule has 19 nitrogen and oxygen atoms in total. The Hall–Kier alpha value is -1.99. The van der Waals surface area contributed by atoms with Crippen molar-refractivity contribution in [3.05, 3.63) is 36.5 Å². The zero-order chi connectivity index (χ0) is 49.8. The maximum absolute atomic E-state index is 12.9. The second kappa shape index (κ2) is 34.4. The number of amides is 1. The van der Waals surface area contributed by atoms with Crippen LogP contribution in [0.1, 0.15) is 136 Å². The summed E-state index contributed by atoms with van der Waals surface area (Å²) < 4.78 is 33.9. The molecule has 0 aliphatic carbocycles. The Kier molecular flexibility index (Phi) is 30.5. The minimum absolute atomic E-state index is 0.223. The lowest BCUT2D eigenvalue weighted by atomic mass is 9.96. The maximum atomic E-state index is 12.9. The molecule has 0 aromatic heterocycles. The molecular weight excluding hydrogens is 891 g/mol. The average molecular weight is 978 g/mol. The van der Waals surface area contributed by atoms with Crippen LogP contribution in [0, 0.1) is 0 Å². The minimum Gasteiger partial charge on any atom is -0.394 e. The third kappa shape index (κ3) is 20.3. The predicted molar refractivity (Wildman–Crippen MR) is 249 cm³/mol. The smallest absolute Gasteiger partial charge is 0.220 e. The number of ether oxygens (including phenoxy) is 6. The number of allylic oxidation sites excluding steroid dienone is 5. The Labute approximate surface area is 402 Å². The highest BCUT2D eigenvalue weighted by Crippen LogP contribution is 2.33. The first-order valence-corrected chi connectivity index (χ1v) is 25.2. The lowest BCUT2D eigenvalue weighted by Crippen LogP contribution is -2.66. The molecule has 0 radical (unpaired) electrons. The van der Waals surface area contributed by atoms with E-state index >= 15 is 0 Å². The SMILES string of the molecule is CCCCCCCCCCC/C=C/CC/C=C/CC/C=C/C(O)C(COC1OC(CO)C(OC2OC(CO)C(OC3OC(CO)C(O)C(O)C3O)C(O)C2O)C(O)C1O)NC(=O)CCCCCC. The van der Waals surface area contributed by atoms with Gasteiger partial charge in [0.15, 0.2) is 18.9 Å². The van der Waals surface area contributed by atoms with E-state index < -0.39 is 124 Å². The van der Waals surface area contributed by atoms with Crippen molar-refractivity contribution < 1.29 is 89.4 Å². The van der Waals surface area contributed by atoms with Gasteiger partial charge in [0.2, 0.25) is 5.91 Å². The third-order valence-corrected chi connectivity index (χ3v) is 12.7. The predicted octanol–water partition coefficient (Wildman–Crippen LogP) is 1.42. The van der Waals surface area contributed by atoms with Crippen molar-refractivity contribution in [1.82, 2.24) is 5.32 Å². The van der Waals surface area contributed by atoms with Crippen molar-refractivity contribution >= 4 is 5.91 Å². The topological polar surface area (TPSA) is 307 Å². The van der Waals surface area contributed by atoms with Crippen molar-refractivity contribution in [3.8, 4) is 0 Å². The fraction of sp³-hybridized carbons (Fsp3) is 0.857. The molecule has 3 aliphatic heterocycles. The molecule has 3 heterocycles. The Morgan fingerprint density at radius 3 is 1.47 bits per heavy atom. The van der Waals surface area contributed by atoms with Gasteiger partial charge in [-0.05, 0) is 44.9 Å². The van der Waals surface area contributed by atoms with Gasteiger partial charge in [0, 0.05) is 6.42 Å².